The molecule has 0 bridgehead atoms. The number of ether oxygens (including phenoxy) is 1. The predicted molar refractivity (Wildman–Crippen MR) is 92.7 cm³/mol. The van der Waals surface area contributed by atoms with Crippen molar-refractivity contribution in [3.63, 3.8) is 0 Å². The third kappa shape index (κ3) is 2.91. The molecular formula is C18H17FN2O3S. The van der Waals surface area contributed by atoms with E-state index in [4.69, 9.17) is 4.74 Å². The minimum Gasteiger partial charge on any atom is -0.494 e. The van der Waals surface area contributed by atoms with E-state index in [-0.39, 0.29) is 16.2 Å². The van der Waals surface area contributed by atoms with Crippen LogP contribution in [0.1, 0.15) is 11.3 Å². The zero-order valence-electron chi connectivity index (χ0n) is 14.0. The number of hydrogen-bond acceptors (Lipinski definition) is 4. The highest BCUT2D eigenvalue weighted by Crippen LogP contribution is 2.38. The van der Waals surface area contributed by atoms with E-state index in [1.165, 1.54) is 37.7 Å². The SMILES string of the molecule is COc1c(C)cn(S(=O)(=O)c2ccc(C)nc2)c1-c1ccccc1F. The molecule has 0 saturated carbocycles. The van der Waals surface area contributed by atoms with Crippen LogP contribution >= 0.6 is 0 Å². The number of hydrogen-bond donors (Lipinski definition) is 0. The summed E-state index contributed by atoms with van der Waals surface area (Å²) >= 11 is 0. The van der Waals surface area contributed by atoms with Crippen LogP contribution in [0.15, 0.2) is 53.7 Å². The van der Waals surface area contributed by atoms with Crippen molar-refractivity contribution in [1.29, 1.82) is 0 Å². The summed E-state index contributed by atoms with van der Waals surface area (Å²) in [7, 11) is -2.53. The zero-order valence-corrected chi connectivity index (χ0v) is 14.8. The van der Waals surface area contributed by atoms with Gasteiger partial charge in [0, 0.05) is 29.2 Å². The van der Waals surface area contributed by atoms with E-state index in [9.17, 15) is 12.8 Å². The monoisotopic (exact) mass is 360 g/mol. The first-order valence-electron chi connectivity index (χ1n) is 7.55. The molecule has 0 aliphatic heterocycles. The molecule has 0 fully saturated rings. The minimum atomic E-state index is -3.96. The molecular weight excluding hydrogens is 343 g/mol. The molecule has 3 aromatic rings. The highest BCUT2D eigenvalue weighted by atomic mass is 32.2. The van der Waals surface area contributed by atoms with Crippen LogP contribution in [-0.4, -0.2) is 24.5 Å². The zero-order chi connectivity index (χ0) is 18.2. The molecule has 2 aromatic heterocycles. The van der Waals surface area contributed by atoms with Gasteiger partial charge in [-0.25, -0.2) is 16.8 Å². The van der Waals surface area contributed by atoms with Gasteiger partial charge in [0.2, 0.25) is 0 Å². The molecule has 130 valence electrons. The van der Waals surface area contributed by atoms with Gasteiger partial charge >= 0.3 is 0 Å². The van der Waals surface area contributed by atoms with E-state index < -0.39 is 15.8 Å². The summed E-state index contributed by atoms with van der Waals surface area (Å²) in [5, 5.41) is 0. The van der Waals surface area contributed by atoms with Gasteiger partial charge in [0.25, 0.3) is 10.0 Å². The molecule has 3 rings (SSSR count). The van der Waals surface area contributed by atoms with E-state index in [2.05, 4.69) is 4.98 Å². The first-order chi connectivity index (χ1) is 11.9. The van der Waals surface area contributed by atoms with E-state index in [1.54, 1.807) is 32.0 Å². The van der Waals surface area contributed by atoms with Gasteiger partial charge in [0.05, 0.1) is 7.11 Å². The van der Waals surface area contributed by atoms with Gasteiger partial charge in [-0.2, -0.15) is 0 Å². The van der Waals surface area contributed by atoms with Gasteiger partial charge in [-0.15, -0.1) is 0 Å². The van der Waals surface area contributed by atoms with Crippen molar-refractivity contribution < 1.29 is 17.5 Å². The van der Waals surface area contributed by atoms with Gasteiger partial charge in [0.1, 0.15) is 22.2 Å². The lowest BCUT2D eigenvalue weighted by atomic mass is 10.1. The summed E-state index contributed by atoms with van der Waals surface area (Å²) in [6, 6.07) is 9.08. The maximum Gasteiger partial charge on any atom is 0.269 e. The second-order valence-electron chi connectivity index (χ2n) is 5.61. The number of methoxy groups -OCH3 is 1. The predicted octanol–water partition coefficient (Wildman–Crippen LogP) is 3.55. The van der Waals surface area contributed by atoms with Crippen molar-refractivity contribution in [3.8, 4) is 17.0 Å². The van der Waals surface area contributed by atoms with Crippen LogP contribution in [0.3, 0.4) is 0 Å². The molecule has 0 aliphatic carbocycles. The molecule has 0 radical (unpaired) electrons. The Morgan fingerprint density at radius 3 is 2.44 bits per heavy atom. The Morgan fingerprint density at radius 2 is 1.84 bits per heavy atom. The van der Waals surface area contributed by atoms with Gasteiger partial charge in [-0.3, -0.25) is 4.98 Å². The lowest BCUT2D eigenvalue weighted by molar-refractivity contribution is 0.413. The first kappa shape index (κ1) is 17.2. The van der Waals surface area contributed by atoms with Crippen LogP contribution in [0.25, 0.3) is 11.3 Å². The topological polar surface area (TPSA) is 61.2 Å². The van der Waals surface area contributed by atoms with Crippen LogP contribution in [0.4, 0.5) is 4.39 Å². The second kappa shape index (κ2) is 6.33. The highest BCUT2D eigenvalue weighted by Gasteiger charge is 2.27. The Morgan fingerprint density at radius 1 is 1.12 bits per heavy atom. The van der Waals surface area contributed by atoms with Crippen LogP contribution < -0.4 is 4.74 Å². The lowest BCUT2D eigenvalue weighted by Crippen LogP contribution is -2.14. The summed E-state index contributed by atoms with van der Waals surface area (Å²) in [6.45, 7) is 3.48. The minimum absolute atomic E-state index is 0.0216. The highest BCUT2D eigenvalue weighted by molar-refractivity contribution is 7.90. The second-order valence-corrected chi connectivity index (χ2v) is 7.42. The maximum absolute atomic E-state index is 14.3. The average Bonchev–Trinajstić information content (AvgIpc) is 2.92. The van der Waals surface area contributed by atoms with Crippen molar-refractivity contribution in [2.24, 2.45) is 0 Å². The molecule has 2 heterocycles. The molecule has 0 unspecified atom stereocenters. The van der Waals surface area contributed by atoms with Crippen molar-refractivity contribution >= 4 is 10.0 Å². The van der Waals surface area contributed by atoms with Gasteiger partial charge in [-0.1, -0.05) is 12.1 Å². The molecule has 0 atom stereocenters. The Labute approximate surface area is 145 Å². The number of halogens is 1. The van der Waals surface area contributed by atoms with Crippen molar-refractivity contribution in [1.82, 2.24) is 8.96 Å². The van der Waals surface area contributed by atoms with Crippen LogP contribution in [0, 0.1) is 19.7 Å². The van der Waals surface area contributed by atoms with Gasteiger partial charge in [-0.05, 0) is 38.1 Å². The molecule has 0 aliphatic rings. The van der Waals surface area contributed by atoms with Crippen molar-refractivity contribution in [2.75, 3.05) is 7.11 Å². The third-order valence-corrected chi connectivity index (χ3v) is 5.52. The molecule has 7 heteroatoms. The third-order valence-electron chi connectivity index (χ3n) is 3.88. The molecule has 0 spiro atoms. The Kier molecular flexibility index (Phi) is 4.34. The first-order valence-corrected chi connectivity index (χ1v) is 8.99. The quantitative estimate of drug-likeness (QED) is 0.714. The molecule has 1 aromatic carbocycles. The molecule has 0 N–H and O–H groups in total. The number of nitrogens with zero attached hydrogens (tertiary/aromatic N) is 2. The van der Waals surface area contributed by atoms with E-state index >= 15 is 0 Å². The van der Waals surface area contributed by atoms with Crippen LogP contribution in [0.5, 0.6) is 5.75 Å². The molecule has 5 nitrogen and oxygen atoms in total. The Balaban J connectivity index is 2.31. The number of rotatable bonds is 4. The maximum atomic E-state index is 14.3. The van der Waals surface area contributed by atoms with Crippen molar-refractivity contribution in [3.05, 3.63) is 65.9 Å². The smallest absolute Gasteiger partial charge is 0.269 e. The van der Waals surface area contributed by atoms with Crippen molar-refractivity contribution in [2.45, 2.75) is 18.7 Å². The molecule has 0 saturated heterocycles. The number of aromatic nitrogens is 2. The summed E-state index contributed by atoms with van der Waals surface area (Å²) in [6.07, 6.45) is 2.72. The largest absolute Gasteiger partial charge is 0.494 e. The van der Waals surface area contributed by atoms with E-state index in [0.717, 1.165) is 3.97 Å². The van der Waals surface area contributed by atoms with Gasteiger partial charge < -0.3 is 4.74 Å². The summed E-state index contributed by atoms with van der Waals surface area (Å²) < 4.78 is 46.9. The summed E-state index contributed by atoms with van der Waals surface area (Å²) in [5.41, 5.74) is 1.59. The standard InChI is InChI=1S/C18H17FN2O3S/c1-12-11-21(25(22,23)14-9-8-13(2)20-10-14)17(18(12)24-3)15-6-4-5-7-16(15)19/h4-11H,1-3H3. The molecule has 25 heavy (non-hydrogen) atoms. The summed E-state index contributed by atoms with van der Waals surface area (Å²) in [5.74, 6) is -0.217. The fourth-order valence-electron chi connectivity index (χ4n) is 2.65. The summed E-state index contributed by atoms with van der Waals surface area (Å²) in [4.78, 5) is 4.06. The fraction of sp³-hybridized carbons (Fsp3) is 0.167. The molecule has 0 amide bonds. The fourth-order valence-corrected chi connectivity index (χ4v) is 4.02. The number of aryl methyl sites for hydroxylation is 2. The lowest BCUT2D eigenvalue weighted by Gasteiger charge is -2.12. The van der Waals surface area contributed by atoms with E-state index in [1.807, 2.05) is 0 Å². The van der Waals surface area contributed by atoms with Gasteiger partial charge in [0.15, 0.2) is 0 Å². The number of benzene rings is 1. The van der Waals surface area contributed by atoms with E-state index in [0.29, 0.717) is 17.0 Å². The number of pyridine rings is 1. The average molecular weight is 360 g/mol. The normalized spacial score (nSPS) is 11.5. The Bertz CT molecular complexity index is 1020. The van der Waals surface area contributed by atoms with Crippen LogP contribution in [0.2, 0.25) is 0 Å². The van der Waals surface area contributed by atoms with Crippen LogP contribution in [-0.2, 0) is 10.0 Å². The Hall–Kier alpha value is -2.67.